The molecular formula is C12H13N3O. The predicted molar refractivity (Wildman–Crippen MR) is 60.5 cm³/mol. The second-order valence-electron chi connectivity index (χ2n) is 4.04. The largest absolute Gasteiger partial charge is 0.325 e. The minimum atomic E-state index is -0.256. The molecule has 1 aliphatic rings. The van der Waals surface area contributed by atoms with Gasteiger partial charge in [0, 0.05) is 18.8 Å². The third-order valence-electron chi connectivity index (χ3n) is 2.61. The number of nitrogens with one attached hydrogen (secondary N) is 1. The Kier molecular flexibility index (Phi) is 2.88. The first kappa shape index (κ1) is 10.7. The molecule has 0 atom stereocenters. The van der Waals surface area contributed by atoms with Gasteiger partial charge in [0.1, 0.15) is 6.42 Å². The van der Waals surface area contributed by atoms with Crippen LogP contribution in [0.25, 0.3) is 0 Å². The van der Waals surface area contributed by atoms with Gasteiger partial charge in [0.25, 0.3) is 0 Å². The summed E-state index contributed by atoms with van der Waals surface area (Å²) < 4.78 is 0. The van der Waals surface area contributed by atoms with Crippen molar-refractivity contribution in [3.8, 4) is 6.07 Å². The van der Waals surface area contributed by atoms with Crippen LogP contribution in [0, 0.1) is 11.3 Å². The summed E-state index contributed by atoms with van der Waals surface area (Å²) in [7, 11) is 2.06. The molecule has 1 N–H and O–H groups in total. The molecule has 0 bridgehead atoms. The summed E-state index contributed by atoms with van der Waals surface area (Å²) in [5, 5.41) is 11.1. The Morgan fingerprint density at radius 1 is 1.50 bits per heavy atom. The van der Waals surface area contributed by atoms with E-state index in [4.69, 9.17) is 5.26 Å². The summed E-state index contributed by atoms with van der Waals surface area (Å²) in [6.07, 6.45) is -0.100. The molecule has 0 aliphatic carbocycles. The molecule has 1 aromatic rings. The zero-order valence-corrected chi connectivity index (χ0v) is 9.16. The number of anilines is 1. The fourth-order valence-corrected chi connectivity index (χ4v) is 1.92. The molecule has 1 aliphatic heterocycles. The van der Waals surface area contributed by atoms with E-state index in [-0.39, 0.29) is 12.3 Å². The monoisotopic (exact) mass is 215 g/mol. The number of benzene rings is 1. The van der Waals surface area contributed by atoms with E-state index >= 15 is 0 Å². The third kappa shape index (κ3) is 2.20. The molecule has 0 saturated heterocycles. The van der Waals surface area contributed by atoms with E-state index in [1.165, 1.54) is 11.1 Å². The number of amides is 1. The van der Waals surface area contributed by atoms with Crippen molar-refractivity contribution < 1.29 is 4.79 Å². The van der Waals surface area contributed by atoms with E-state index in [0.717, 1.165) is 18.8 Å². The molecule has 0 saturated carbocycles. The van der Waals surface area contributed by atoms with Crippen molar-refractivity contribution in [3.63, 3.8) is 0 Å². The summed E-state index contributed by atoms with van der Waals surface area (Å²) >= 11 is 0. The van der Waals surface area contributed by atoms with Gasteiger partial charge in [-0.2, -0.15) is 5.26 Å². The molecule has 0 spiro atoms. The smallest absolute Gasteiger partial charge is 0.238 e. The number of hydrogen-bond acceptors (Lipinski definition) is 3. The number of nitriles is 1. The number of carbonyl (C=O) groups excluding carboxylic acids is 1. The van der Waals surface area contributed by atoms with E-state index in [0.29, 0.717) is 0 Å². The Morgan fingerprint density at radius 2 is 2.25 bits per heavy atom. The molecule has 0 unspecified atom stereocenters. The summed E-state index contributed by atoms with van der Waals surface area (Å²) in [5.74, 6) is -0.256. The van der Waals surface area contributed by atoms with Gasteiger partial charge in [-0.05, 0) is 30.3 Å². The molecule has 2 rings (SSSR count). The van der Waals surface area contributed by atoms with Gasteiger partial charge in [0.2, 0.25) is 5.91 Å². The highest BCUT2D eigenvalue weighted by Crippen LogP contribution is 2.24. The van der Waals surface area contributed by atoms with Crippen LogP contribution in [0.15, 0.2) is 18.2 Å². The summed E-state index contributed by atoms with van der Waals surface area (Å²) in [6.45, 7) is 1.87. The minimum absolute atomic E-state index is 0.100. The van der Waals surface area contributed by atoms with Crippen LogP contribution in [0.1, 0.15) is 17.5 Å². The fourth-order valence-electron chi connectivity index (χ4n) is 1.92. The van der Waals surface area contributed by atoms with Crippen LogP contribution in [0.4, 0.5) is 5.69 Å². The summed E-state index contributed by atoms with van der Waals surface area (Å²) in [4.78, 5) is 13.4. The van der Waals surface area contributed by atoms with E-state index in [9.17, 15) is 4.79 Å². The highest BCUT2D eigenvalue weighted by atomic mass is 16.1. The van der Waals surface area contributed by atoms with E-state index in [2.05, 4.69) is 17.3 Å². The van der Waals surface area contributed by atoms with Crippen LogP contribution in [0.3, 0.4) is 0 Å². The quantitative estimate of drug-likeness (QED) is 0.813. The van der Waals surface area contributed by atoms with Gasteiger partial charge >= 0.3 is 0 Å². The van der Waals surface area contributed by atoms with Gasteiger partial charge in [-0.1, -0.05) is 6.07 Å². The van der Waals surface area contributed by atoms with Crippen LogP contribution >= 0.6 is 0 Å². The number of hydrogen-bond donors (Lipinski definition) is 1. The second kappa shape index (κ2) is 4.33. The maximum Gasteiger partial charge on any atom is 0.238 e. The zero-order chi connectivity index (χ0) is 11.5. The van der Waals surface area contributed by atoms with Crippen LogP contribution < -0.4 is 5.32 Å². The Labute approximate surface area is 94.5 Å². The lowest BCUT2D eigenvalue weighted by atomic mass is 10.1. The van der Waals surface area contributed by atoms with Gasteiger partial charge in [-0.25, -0.2) is 0 Å². The third-order valence-corrected chi connectivity index (χ3v) is 2.61. The summed E-state index contributed by atoms with van der Waals surface area (Å²) in [6, 6.07) is 7.72. The highest BCUT2D eigenvalue weighted by molar-refractivity contribution is 5.92. The zero-order valence-electron chi connectivity index (χ0n) is 9.16. The van der Waals surface area contributed by atoms with E-state index in [1.54, 1.807) is 0 Å². The first-order valence-electron chi connectivity index (χ1n) is 5.16. The van der Waals surface area contributed by atoms with Crippen molar-refractivity contribution in [1.82, 2.24) is 4.90 Å². The van der Waals surface area contributed by atoms with Crippen LogP contribution in [-0.2, 0) is 17.9 Å². The standard InChI is InChI=1S/C12H13N3O/c1-15-7-9-2-3-11(6-10(9)8-15)14-12(16)4-5-13/h2-3,6H,4,7-8H2,1H3,(H,14,16). The SMILES string of the molecule is CN1Cc2ccc(NC(=O)CC#N)cc2C1. The van der Waals surface area contributed by atoms with E-state index in [1.807, 2.05) is 24.3 Å². The van der Waals surface area contributed by atoms with E-state index < -0.39 is 0 Å². The number of rotatable bonds is 2. The van der Waals surface area contributed by atoms with Crippen LogP contribution in [0.2, 0.25) is 0 Å². The number of nitrogens with zero attached hydrogens (tertiary/aromatic N) is 2. The molecule has 0 fully saturated rings. The van der Waals surface area contributed by atoms with Gasteiger partial charge in [-0.15, -0.1) is 0 Å². The lowest BCUT2D eigenvalue weighted by Gasteiger charge is -2.05. The Hall–Kier alpha value is -1.86. The lowest BCUT2D eigenvalue weighted by Crippen LogP contribution is -2.10. The predicted octanol–water partition coefficient (Wildman–Crippen LogP) is 1.48. The minimum Gasteiger partial charge on any atom is -0.325 e. The van der Waals surface area contributed by atoms with Crippen LogP contribution in [0.5, 0.6) is 0 Å². The first-order chi connectivity index (χ1) is 7.69. The topological polar surface area (TPSA) is 56.1 Å². The van der Waals surface area contributed by atoms with Crippen molar-refractivity contribution >= 4 is 11.6 Å². The van der Waals surface area contributed by atoms with Crippen molar-refractivity contribution in [1.29, 1.82) is 5.26 Å². The summed E-state index contributed by atoms with van der Waals surface area (Å²) in [5.41, 5.74) is 3.33. The maximum atomic E-state index is 11.2. The molecule has 16 heavy (non-hydrogen) atoms. The highest BCUT2D eigenvalue weighted by Gasteiger charge is 2.15. The Bertz CT molecular complexity index is 462. The molecule has 4 nitrogen and oxygen atoms in total. The van der Waals surface area contributed by atoms with Crippen molar-refractivity contribution in [2.75, 3.05) is 12.4 Å². The fraction of sp³-hybridized carbons (Fsp3) is 0.333. The molecule has 1 amide bonds. The molecule has 0 radical (unpaired) electrons. The number of carbonyl (C=O) groups is 1. The maximum absolute atomic E-state index is 11.2. The Morgan fingerprint density at radius 3 is 3.00 bits per heavy atom. The molecule has 82 valence electrons. The molecule has 0 aromatic heterocycles. The number of fused-ring (bicyclic) bond motifs is 1. The van der Waals surface area contributed by atoms with Gasteiger partial charge in [0.15, 0.2) is 0 Å². The first-order valence-corrected chi connectivity index (χ1v) is 5.16. The van der Waals surface area contributed by atoms with Gasteiger partial charge in [-0.3, -0.25) is 9.69 Å². The van der Waals surface area contributed by atoms with Gasteiger partial charge < -0.3 is 5.32 Å². The van der Waals surface area contributed by atoms with Crippen LogP contribution in [-0.4, -0.2) is 17.9 Å². The normalized spacial score (nSPS) is 14.2. The molecule has 1 heterocycles. The molecule has 4 heteroatoms. The van der Waals surface area contributed by atoms with Crippen molar-refractivity contribution in [3.05, 3.63) is 29.3 Å². The lowest BCUT2D eigenvalue weighted by molar-refractivity contribution is -0.115. The van der Waals surface area contributed by atoms with Gasteiger partial charge in [0.05, 0.1) is 6.07 Å². The van der Waals surface area contributed by atoms with Crippen molar-refractivity contribution in [2.45, 2.75) is 19.5 Å². The second-order valence-corrected chi connectivity index (χ2v) is 4.04. The van der Waals surface area contributed by atoms with Crippen molar-refractivity contribution in [2.24, 2.45) is 0 Å². The Balaban J connectivity index is 2.11. The average molecular weight is 215 g/mol. The molecule has 1 aromatic carbocycles. The average Bonchev–Trinajstić information content (AvgIpc) is 2.57. The molecular weight excluding hydrogens is 202 g/mol.